The molecule has 0 aliphatic carbocycles. The molecule has 0 saturated carbocycles. The minimum atomic E-state index is -0.702. The van der Waals surface area contributed by atoms with Crippen molar-refractivity contribution in [3.63, 3.8) is 0 Å². The van der Waals surface area contributed by atoms with Crippen molar-refractivity contribution in [1.29, 1.82) is 0 Å². The highest BCUT2D eigenvalue weighted by Gasteiger charge is 2.37. The van der Waals surface area contributed by atoms with Gasteiger partial charge in [0.2, 0.25) is 12.7 Å². The molecule has 2 fully saturated rings. The molecule has 0 spiro atoms. The first-order valence-electron chi connectivity index (χ1n) is 12.5. The second-order valence-corrected chi connectivity index (χ2v) is 9.51. The highest BCUT2D eigenvalue weighted by atomic mass is 19.1. The number of fused-ring (bicyclic) bond motifs is 1. The van der Waals surface area contributed by atoms with E-state index in [-0.39, 0.29) is 36.0 Å². The Labute approximate surface area is 209 Å². The van der Waals surface area contributed by atoms with E-state index < -0.39 is 11.9 Å². The van der Waals surface area contributed by atoms with Gasteiger partial charge in [0.15, 0.2) is 11.5 Å². The minimum absolute atomic E-state index is 0.0491. The summed E-state index contributed by atoms with van der Waals surface area (Å²) in [6.07, 6.45) is 4.06. The number of nitrogens with zero attached hydrogens (tertiary/aromatic N) is 2. The lowest BCUT2D eigenvalue weighted by molar-refractivity contribution is -0.136. The number of ether oxygens (including phenoxy) is 2. The number of hydrogen-bond donors (Lipinski definition) is 1. The normalized spacial score (nSPS) is 18.6. The third-order valence-corrected chi connectivity index (χ3v) is 7.26. The molecule has 3 amide bonds. The molecule has 3 aliphatic heterocycles. The zero-order chi connectivity index (χ0) is 25.1. The summed E-state index contributed by atoms with van der Waals surface area (Å²) in [5.74, 6) is -0.382. The summed E-state index contributed by atoms with van der Waals surface area (Å²) in [5.41, 5.74) is 0.441. The minimum Gasteiger partial charge on any atom is -0.454 e. The molecular formula is C27H30FN3O5. The molecule has 0 unspecified atom stereocenters. The molecule has 2 aromatic carbocycles. The molecule has 36 heavy (non-hydrogen) atoms. The topological polar surface area (TPSA) is 88.2 Å². The van der Waals surface area contributed by atoms with Gasteiger partial charge in [0.1, 0.15) is 11.9 Å². The van der Waals surface area contributed by atoms with Crippen LogP contribution in [-0.2, 0) is 4.79 Å². The number of carbonyl (C=O) groups is 3. The number of benzene rings is 2. The smallest absolute Gasteiger partial charge is 0.256 e. The molecule has 0 aromatic heterocycles. The van der Waals surface area contributed by atoms with Crippen LogP contribution < -0.4 is 14.8 Å². The Morgan fingerprint density at radius 1 is 0.889 bits per heavy atom. The fourth-order valence-electron chi connectivity index (χ4n) is 5.20. The van der Waals surface area contributed by atoms with Crippen LogP contribution in [0.3, 0.4) is 0 Å². The van der Waals surface area contributed by atoms with Crippen molar-refractivity contribution in [2.75, 3.05) is 33.0 Å². The molecule has 0 radical (unpaired) electrons. The van der Waals surface area contributed by atoms with Crippen LogP contribution in [0.25, 0.3) is 0 Å². The van der Waals surface area contributed by atoms with Crippen LogP contribution in [0.15, 0.2) is 42.5 Å². The second-order valence-electron chi connectivity index (χ2n) is 9.51. The molecule has 8 nitrogen and oxygen atoms in total. The first kappa shape index (κ1) is 24.1. The van der Waals surface area contributed by atoms with Gasteiger partial charge in [0.05, 0.1) is 5.56 Å². The van der Waals surface area contributed by atoms with Crippen molar-refractivity contribution in [2.45, 2.75) is 38.1 Å². The molecule has 2 saturated heterocycles. The van der Waals surface area contributed by atoms with Crippen LogP contribution in [-0.4, -0.2) is 66.5 Å². The SMILES string of the molecule is O=C(N[C@H](C(=O)N1CCCCC1)C1CCN(C(=O)c2ccccc2F)CC1)c1ccc2c(c1)OCO2. The van der Waals surface area contributed by atoms with Crippen LogP contribution in [0.5, 0.6) is 11.5 Å². The summed E-state index contributed by atoms with van der Waals surface area (Å²) in [7, 11) is 0. The Balaban J connectivity index is 1.30. The average molecular weight is 496 g/mol. The van der Waals surface area contributed by atoms with E-state index in [0.717, 1.165) is 19.3 Å². The van der Waals surface area contributed by atoms with Gasteiger partial charge in [-0.1, -0.05) is 12.1 Å². The van der Waals surface area contributed by atoms with E-state index in [4.69, 9.17) is 9.47 Å². The Morgan fingerprint density at radius 2 is 1.61 bits per heavy atom. The number of nitrogens with one attached hydrogen (secondary N) is 1. The number of likely N-dealkylation sites (tertiary alicyclic amines) is 2. The van der Waals surface area contributed by atoms with E-state index in [9.17, 15) is 18.8 Å². The van der Waals surface area contributed by atoms with E-state index in [0.29, 0.717) is 56.1 Å². The summed E-state index contributed by atoms with van der Waals surface area (Å²) >= 11 is 0. The van der Waals surface area contributed by atoms with Crippen molar-refractivity contribution in [3.8, 4) is 11.5 Å². The molecule has 5 rings (SSSR count). The summed E-state index contributed by atoms with van der Waals surface area (Å²) < 4.78 is 24.9. The Kier molecular flexibility index (Phi) is 7.06. The second kappa shape index (κ2) is 10.6. The molecule has 0 bridgehead atoms. The summed E-state index contributed by atoms with van der Waals surface area (Å²) in [6, 6.07) is 10.2. The quantitative estimate of drug-likeness (QED) is 0.688. The van der Waals surface area contributed by atoms with Gasteiger partial charge >= 0.3 is 0 Å². The fourth-order valence-corrected chi connectivity index (χ4v) is 5.20. The number of piperidine rings is 2. The van der Waals surface area contributed by atoms with Crippen molar-refractivity contribution in [1.82, 2.24) is 15.1 Å². The number of amides is 3. The zero-order valence-corrected chi connectivity index (χ0v) is 20.1. The van der Waals surface area contributed by atoms with Gasteiger partial charge in [0, 0.05) is 31.7 Å². The highest BCUT2D eigenvalue weighted by molar-refractivity contribution is 5.98. The maximum Gasteiger partial charge on any atom is 0.256 e. The van der Waals surface area contributed by atoms with E-state index in [1.165, 1.54) is 12.1 Å². The monoisotopic (exact) mass is 495 g/mol. The first-order chi connectivity index (χ1) is 17.5. The molecule has 1 N–H and O–H groups in total. The standard InChI is InChI=1S/C27H30FN3O5/c28-21-7-3-2-6-20(21)26(33)31-14-10-18(11-15-31)24(27(34)30-12-4-1-5-13-30)29-25(32)19-8-9-22-23(16-19)36-17-35-22/h2-3,6-9,16,18,24H,1,4-5,10-15,17H2,(H,29,32)/t24-/m0/s1. The van der Waals surface area contributed by atoms with Gasteiger partial charge in [-0.15, -0.1) is 0 Å². The van der Waals surface area contributed by atoms with E-state index in [2.05, 4.69) is 5.32 Å². The van der Waals surface area contributed by atoms with E-state index in [1.807, 2.05) is 4.90 Å². The van der Waals surface area contributed by atoms with Crippen molar-refractivity contribution < 1.29 is 28.2 Å². The van der Waals surface area contributed by atoms with Crippen molar-refractivity contribution in [2.24, 2.45) is 5.92 Å². The van der Waals surface area contributed by atoms with Gasteiger partial charge in [-0.25, -0.2) is 4.39 Å². The lowest BCUT2D eigenvalue weighted by atomic mass is 9.87. The maximum absolute atomic E-state index is 14.1. The van der Waals surface area contributed by atoms with Gasteiger partial charge in [-0.2, -0.15) is 0 Å². The van der Waals surface area contributed by atoms with Crippen molar-refractivity contribution in [3.05, 3.63) is 59.4 Å². The third-order valence-electron chi connectivity index (χ3n) is 7.26. The maximum atomic E-state index is 14.1. The van der Waals surface area contributed by atoms with Crippen LogP contribution in [0.2, 0.25) is 0 Å². The molecular weight excluding hydrogens is 465 g/mol. The third kappa shape index (κ3) is 5.01. The number of rotatable bonds is 5. The van der Waals surface area contributed by atoms with E-state index in [1.54, 1.807) is 35.2 Å². The predicted molar refractivity (Wildman–Crippen MR) is 129 cm³/mol. The Bertz CT molecular complexity index is 1140. The Morgan fingerprint density at radius 3 is 2.36 bits per heavy atom. The van der Waals surface area contributed by atoms with Crippen LogP contribution in [0.1, 0.15) is 52.8 Å². The zero-order valence-electron chi connectivity index (χ0n) is 20.1. The molecule has 3 aliphatic rings. The molecule has 3 heterocycles. The van der Waals surface area contributed by atoms with Crippen LogP contribution in [0.4, 0.5) is 4.39 Å². The average Bonchev–Trinajstić information content (AvgIpc) is 3.40. The van der Waals surface area contributed by atoms with Crippen LogP contribution in [0, 0.1) is 11.7 Å². The lowest BCUT2D eigenvalue weighted by Gasteiger charge is -2.38. The molecule has 190 valence electrons. The molecule has 9 heteroatoms. The molecule has 2 aromatic rings. The number of halogens is 1. The summed E-state index contributed by atoms with van der Waals surface area (Å²) in [4.78, 5) is 43.1. The van der Waals surface area contributed by atoms with E-state index >= 15 is 0 Å². The molecule has 1 atom stereocenters. The largest absolute Gasteiger partial charge is 0.454 e. The highest BCUT2D eigenvalue weighted by Crippen LogP contribution is 2.33. The van der Waals surface area contributed by atoms with Crippen molar-refractivity contribution >= 4 is 17.7 Å². The van der Waals surface area contributed by atoms with Gasteiger partial charge in [-0.05, 0) is 68.4 Å². The number of hydrogen-bond acceptors (Lipinski definition) is 5. The fraction of sp³-hybridized carbons (Fsp3) is 0.444. The predicted octanol–water partition coefficient (Wildman–Crippen LogP) is 3.22. The first-order valence-corrected chi connectivity index (χ1v) is 12.5. The summed E-state index contributed by atoms with van der Waals surface area (Å²) in [6.45, 7) is 2.25. The van der Waals surface area contributed by atoms with Gasteiger partial charge < -0.3 is 24.6 Å². The van der Waals surface area contributed by atoms with Gasteiger partial charge in [0.25, 0.3) is 11.8 Å². The Hall–Kier alpha value is -3.62. The number of carbonyl (C=O) groups excluding carboxylic acids is 3. The lowest BCUT2D eigenvalue weighted by Crippen LogP contribution is -2.55. The van der Waals surface area contributed by atoms with Gasteiger partial charge in [-0.3, -0.25) is 14.4 Å². The van der Waals surface area contributed by atoms with Crippen LogP contribution >= 0.6 is 0 Å². The summed E-state index contributed by atoms with van der Waals surface area (Å²) in [5, 5.41) is 2.99.